The van der Waals surface area contributed by atoms with Crippen molar-refractivity contribution in [1.29, 1.82) is 0 Å². The van der Waals surface area contributed by atoms with Crippen LogP contribution in [-0.2, 0) is 23.0 Å². The highest BCUT2D eigenvalue weighted by Crippen LogP contribution is 2.18. The molecule has 2 aromatic carbocycles. The van der Waals surface area contributed by atoms with Crippen LogP contribution in [0, 0.1) is 6.92 Å². The molecule has 0 aliphatic heterocycles. The number of aliphatic imine (C=N–C) groups is 1. The minimum Gasteiger partial charge on any atom is -0.496 e. The fraction of sp³-hybridized carbons (Fsp3) is 0.409. The average molecular weight is 529 g/mol. The van der Waals surface area contributed by atoms with Crippen molar-refractivity contribution < 1.29 is 8.95 Å². The van der Waals surface area contributed by atoms with Crippen LogP contribution in [0.15, 0.2) is 53.5 Å². The minimum absolute atomic E-state index is 0. The molecule has 0 fully saturated rings. The molecule has 1 atom stereocenters. The molecule has 2 aromatic rings. The molecule has 2 N–H and O–H groups in total. The number of methoxy groups -OCH3 is 1. The zero-order chi connectivity index (χ0) is 20.2. The van der Waals surface area contributed by atoms with Gasteiger partial charge in [-0.1, -0.05) is 42.5 Å². The Morgan fingerprint density at radius 2 is 1.86 bits per heavy atom. The number of ether oxygens (including phenoxy) is 1. The lowest BCUT2D eigenvalue weighted by Crippen LogP contribution is -2.38. The van der Waals surface area contributed by atoms with Gasteiger partial charge in [0, 0.05) is 35.4 Å². The summed E-state index contributed by atoms with van der Waals surface area (Å²) in [5, 5.41) is 6.58. The standard InChI is InChI=1S/C22H31N3O2S.HI/c1-4-23-22(24-13-12-19-11-10-18(2)21(16-19)27-3)25-14-15-28(26)17-20-8-6-5-7-9-20;/h5-11,16H,4,12-15,17H2,1-3H3,(H2,23,24,25);1H. The van der Waals surface area contributed by atoms with Crippen LogP contribution in [0.2, 0.25) is 0 Å². The van der Waals surface area contributed by atoms with Gasteiger partial charge in [0.2, 0.25) is 0 Å². The van der Waals surface area contributed by atoms with Gasteiger partial charge in [0.15, 0.2) is 5.96 Å². The molecule has 160 valence electrons. The zero-order valence-corrected chi connectivity index (χ0v) is 20.6. The summed E-state index contributed by atoms with van der Waals surface area (Å²) in [5.74, 6) is 2.81. The first-order valence-corrected chi connectivity index (χ1v) is 11.2. The molecule has 7 heteroatoms. The van der Waals surface area contributed by atoms with E-state index in [9.17, 15) is 4.21 Å². The van der Waals surface area contributed by atoms with E-state index in [1.807, 2.05) is 44.2 Å². The normalized spacial score (nSPS) is 12.0. The molecule has 0 radical (unpaired) electrons. The van der Waals surface area contributed by atoms with Gasteiger partial charge in [0.25, 0.3) is 0 Å². The average Bonchev–Trinajstić information content (AvgIpc) is 2.70. The predicted molar refractivity (Wildman–Crippen MR) is 134 cm³/mol. The molecule has 0 bridgehead atoms. The Morgan fingerprint density at radius 3 is 2.55 bits per heavy atom. The highest BCUT2D eigenvalue weighted by molar-refractivity contribution is 14.0. The van der Waals surface area contributed by atoms with E-state index in [1.165, 1.54) is 5.56 Å². The molecule has 5 nitrogen and oxygen atoms in total. The molecule has 29 heavy (non-hydrogen) atoms. The van der Waals surface area contributed by atoms with Crippen molar-refractivity contribution in [3.63, 3.8) is 0 Å². The number of rotatable bonds is 10. The fourth-order valence-corrected chi connectivity index (χ4v) is 3.78. The van der Waals surface area contributed by atoms with Crippen LogP contribution >= 0.6 is 24.0 Å². The number of hydrogen-bond donors (Lipinski definition) is 2. The van der Waals surface area contributed by atoms with E-state index in [0.717, 1.165) is 42.3 Å². The summed E-state index contributed by atoms with van der Waals surface area (Å²) in [4.78, 5) is 4.55. The molecule has 0 aromatic heterocycles. The van der Waals surface area contributed by atoms with Crippen molar-refractivity contribution in [1.82, 2.24) is 10.6 Å². The van der Waals surface area contributed by atoms with Crippen LogP contribution in [-0.4, -0.2) is 42.7 Å². The molecule has 0 amide bonds. The molecular weight excluding hydrogens is 497 g/mol. The number of aryl methyl sites for hydroxylation is 1. The Morgan fingerprint density at radius 1 is 1.10 bits per heavy atom. The van der Waals surface area contributed by atoms with Gasteiger partial charge >= 0.3 is 0 Å². The van der Waals surface area contributed by atoms with Crippen molar-refractivity contribution in [2.45, 2.75) is 26.0 Å². The summed E-state index contributed by atoms with van der Waals surface area (Å²) in [6.07, 6.45) is 0.876. The second kappa shape index (κ2) is 14.4. The monoisotopic (exact) mass is 529 g/mol. The van der Waals surface area contributed by atoms with Crippen LogP contribution in [0.4, 0.5) is 0 Å². The quantitative estimate of drug-likeness (QED) is 0.280. The Bertz CT molecular complexity index is 785. The zero-order valence-electron chi connectivity index (χ0n) is 17.4. The fourth-order valence-electron chi connectivity index (χ4n) is 2.78. The van der Waals surface area contributed by atoms with Gasteiger partial charge in [-0.15, -0.1) is 24.0 Å². The maximum absolute atomic E-state index is 12.2. The summed E-state index contributed by atoms with van der Waals surface area (Å²) in [7, 11) is 0.787. The second-order valence-corrected chi connectivity index (χ2v) is 8.09. The summed E-state index contributed by atoms with van der Waals surface area (Å²) < 4.78 is 17.6. The van der Waals surface area contributed by atoms with E-state index in [2.05, 4.69) is 33.8 Å². The molecule has 0 saturated heterocycles. The number of guanidine groups is 1. The number of nitrogens with zero attached hydrogens (tertiary/aromatic N) is 1. The maximum atomic E-state index is 12.2. The lowest BCUT2D eigenvalue weighted by atomic mass is 10.1. The smallest absolute Gasteiger partial charge is 0.191 e. The van der Waals surface area contributed by atoms with Crippen LogP contribution in [0.25, 0.3) is 0 Å². The van der Waals surface area contributed by atoms with E-state index in [4.69, 9.17) is 4.74 Å². The SMILES string of the molecule is CCNC(=NCCS(=O)Cc1ccccc1)NCCc1ccc(C)c(OC)c1.I. The highest BCUT2D eigenvalue weighted by Gasteiger charge is 2.04. The van der Waals surface area contributed by atoms with E-state index in [0.29, 0.717) is 18.1 Å². The molecule has 0 aliphatic carbocycles. The van der Waals surface area contributed by atoms with Crippen LogP contribution in [0.1, 0.15) is 23.6 Å². The third kappa shape index (κ3) is 9.62. The first-order valence-electron chi connectivity index (χ1n) is 9.67. The summed E-state index contributed by atoms with van der Waals surface area (Å²) in [5.41, 5.74) is 3.45. The minimum atomic E-state index is -0.909. The third-order valence-corrected chi connectivity index (χ3v) is 5.58. The van der Waals surface area contributed by atoms with Crippen LogP contribution < -0.4 is 15.4 Å². The molecule has 0 aliphatic rings. The van der Waals surface area contributed by atoms with Gasteiger partial charge in [-0.05, 0) is 43.0 Å². The highest BCUT2D eigenvalue weighted by atomic mass is 127. The molecule has 0 spiro atoms. The molecule has 2 rings (SSSR count). The van der Waals surface area contributed by atoms with E-state index < -0.39 is 10.8 Å². The lowest BCUT2D eigenvalue weighted by Gasteiger charge is -2.12. The van der Waals surface area contributed by atoms with Gasteiger partial charge in [-0.25, -0.2) is 0 Å². The maximum Gasteiger partial charge on any atom is 0.191 e. The lowest BCUT2D eigenvalue weighted by molar-refractivity contribution is 0.411. The topological polar surface area (TPSA) is 62.7 Å². The van der Waals surface area contributed by atoms with Crippen molar-refractivity contribution in [2.24, 2.45) is 4.99 Å². The van der Waals surface area contributed by atoms with Crippen LogP contribution in [0.5, 0.6) is 5.75 Å². The van der Waals surface area contributed by atoms with Crippen molar-refractivity contribution in [3.05, 3.63) is 65.2 Å². The third-order valence-electron chi connectivity index (χ3n) is 4.28. The number of hydrogen-bond acceptors (Lipinski definition) is 3. The first kappa shape index (κ1) is 25.4. The van der Waals surface area contributed by atoms with Gasteiger partial charge in [0.1, 0.15) is 5.75 Å². The Labute approximate surface area is 194 Å². The predicted octanol–water partition coefficient (Wildman–Crippen LogP) is 3.67. The van der Waals surface area contributed by atoms with E-state index in [1.54, 1.807) is 7.11 Å². The van der Waals surface area contributed by atoms with Gasteiger partial charge in [-0.2, -0.15) is 0 Å². The Kier molecular flexibility index (Phi) is 12.6. The summed E-state index contributed by atoms with van der Waals surface area (Å²) in [6.45, 7) is 6.17. The molecule has 0 saturated carbocycles. The van der Waals surface area contributed by atoms with Crippen molar-refractivity contribution in [3.8, 4) is 5.75 Å². The van der Waals surface area contributed by atoms with E-state index >= 15 is 0 Å². The van der Waals surface area contributed by atoms with E-state index in [-0.39, 0.29) is 24.0 Å². The molecular formula is C22H32IN3O2S. The summed E-state index contributed by atoms with van der Waals surface area (Å²) in [6, 6.07) is 16.2. The van der Waals surface area contributed by atoms with Gasteiger partial charge < -0.3 is 15.4 Å². The van der Waals surface area contributed by atoms with Gasteiger partial charge in [0.05, 0.1) is 13.7 Å². The first-order chi connectivity index (χ1) is 13.6. The van der Waals surface area contributed by atoms with Crippen LogP contribution in [0.3, 0.4) is 0 Å². The Balaban J connectivity index is 0.00000420. The molecule has 0 heterocycles. The van der Waals surface area contributed by atoms with Gasteiger partial charge in [-0.3, -0.25) is 9.20 Å². The second-order valence-electron chi connectivity index (χ2n) is 6.52. The molecule has 1 unspecified atom stereocenters. The Hall–Kier alpha value is -1.61. The summed E-state index contributed by atoms with van der Waals surface area (Å²) >= 11 is 0. The number of benzene rings is 2. The van der Waals surface area contributed by atoms with Crippen molar-refractivity contribution >= 4 is 40.7 Å². The number of halogens is 1. The van der Waals surface area contributed by atoms with Crippen molar-refractivity contribution in [2.75, 3.05) is 32.5 Å². The number of nitrogens with one attached hydrogen (secondary N) is 2. The largest absolute Gasteiger partial charge is 0.496 e.